The van der Waals surface area contributed by atoms with E-state index in [0.717, 1.165) is 18.6 Å². The minimum atomic E-state index is -0.311. The summed E-state index contributed by atoms with van der Waals surface area (Å²) in [5, 5.41) is 0. The molecule has 1 aromatic rings. The number of carbonyl (C=O) groups excluding carboxylic acids is 1. The molecule has 2 aliphatic rings. The summed E-state index contributed by atoms with van der Waals surface area (Å²) >= 11 is 0. The molecule has 1 spiro atoms. The molecule has 3 atom stereocenters. The van der Waals surface area contributed by atoms with Crippen LogP contribution in [0.25, 0.3) is 0 Å². The van der Waals surface area contributed by atoms with Crippen molar-refractivity contribution in [2.45, 2.75) is 45.1 Å². The second kappa shape index (κ2) is 4.80. The van der Waals surface area contributed by atoms with Crippen molar-refractivity contribution in [1.29, 1.82) is 0 Å². The lowest BCUT2D eigenvalue weighted by Crippen LogP contribution is -2.51. The van der Waals surface area contributed by atoms with Gasteiger partial charge in [-0.25, -0.2) is 0 Å². The third-order valence-electron chi connectivity index (χ3n) is 5.21. The monoisotopic (exact) mass is 274 g/mol. The van der Waals surface area contributed by atoms with Crippen molar-refractivity contribution in [1.82, 2.24) is 0 Å². The van der Waals surface area contributed by atoms with Crippen LogP contribution in [-0.4, -0.2) is 18.5 Å². The topological polar surface area (TPSA) is 35.5 Å². The molecule has 1 saturated carbocycles. The quantitative estimate of drug-likeness (QED) is 0.780. The minimum absolute atomic E-state index is 0.204. The highest BCUT2D eigenvalue weighted by atomic mass is 16.5. The summed E-state index contributed by atoms with van der Waals surface area (Å²) < 4.78 is 11.6. The van der Waals surface area contributed by atoms with Gasteiger partial charge in [0.1, 0.15) is 17.1 Å². The van der Waals surface area contributed by atoms with Crippen molar-refractivity contribution in [3.63, 3.8) is 0 Å². The molecule has 1 aliphatic carbocycles. The van der Waals surface area contributed by atoms with Crippen molar-refractivity contribution < 1.29 is 14.3 Å². The van der Waals surface area contributed by atoms with Crippen molar-refractivity contribution in [3.8, 4) is 11.5 Å². The zero-order valence-electron chi connectivity index (χ0n) is 12.4. The van der Waals surface area contributed by atoms with Crippen LogP contribution in [0.1, 0.15) is 49.9 Å². The number of ketones is 1. The Hall–Kier alpha value is -1.51. The van der Waals surface area contributed by atoms with Crippen molar-refractivity contribution in [3.05, 3.63) is 23.8 Å². The third kappa shape index (κ3) is 2.00. The molecule has 1 heterocycles. The molecule has 0 radical (unpaired) electrons. The summed E-state index contributed by atoms with van der Waals surface area (Å²) in [6.45, 7) is 4.49. The van der Waals surface area contributed by atoms with Crippen molar-refractivity contribution in [2.75, 3.05) is 7.11 Å². The van der Waals surface area contributed by atoms with Gasteiger partial charge >= 0.3 is 0 Å². The highest BCUT2D eigenvalue weighted by Gasteiger charge is 2.48. The molecule has 3 unspecified atom stereocenters. The van der Waals surface area contributed by atoms with Crippen LogP contribution in [0.4, 0.5) is 0 Å². The average Bonchev–Trinajstić information content (AvgIpc) is 2.44. The van der Waals surface area contributed by atoms with Gasteiger partial charge in [0.15, 0.2) is 5.78 Å². The zero-order chi connectivity index (χ0) is 14.3. The summed E-state index contributed by atoms with van der Waals surface area (Å²) in [7, 11) is 1.63. The molecular formula is C17H22O3. The van der Waals surface area contributed by atoms with Gasteiger partial charge in [0, 0.05) is 6.07 Å². The molecule has 20 heavy (non-hydrogen) atoms. The predicted molar refractivity (Wildman–Crippen MR) is 77.5 cm³/mol. The molecule has 0 N–H and O–H groups in total. The second-order valence-electron chi connectivity index (χ2n) is 6.29. The number of Topliss-reactive ketones (excluding diaryl/α,β-unsaturated/α-hetero) is 1. The standard InChI is InChI=1S/C17H22O3/c1-11-5-4-8-17(12(11)2)10-15(18)14-7-6-13(19-3)9-16(14)20-17/h6-7,9,11-12H,4-5,8,10H2,1-3H3. The van der Waals surface area contributed by atoms with Gasteiger partial charge in [-0.1, -0.05) is 20.3 Å². The van der Waals surface area contributed by atoms with E-state index in [2.05, 4.69) is 13.8 Å². The molecule has 1 fully saturated rings. The molecule has 3 nitrogen and oxygen atoms in total. The van der Waals surface area contributed by atoms with Gasteiger partial charge in [-0.3, -0.25) is 4.79 Å². The average molecular weight is 274 g/mol. The summed E-state index contributed by atoms with van der Waals surface area (Å²) in [5.41, 5.74) is 0.385. The summed E-state index contributed by atoms with van der Waals surface area (Å²) in [5.74, 6) is 2.64. The molecule has 3 heteroatoms. The highest BCUT2D eigenvalue weighted by Crippen LogP contribution is 2.47. The lowest BCUT2D eigenvalue weighted by molar-refractivity contribution is -0.0467. The summed E-state index contributed by atoms with van der Waals surface area (Å²) in [4.78, 5) is 12.5. The van der Waals surface area contributed by atoms with E-state index in [0.29, 0.717) is 29.6 Å². The summed E-state index contributed by atoms with van der Waals surface area (Å²) in [6, 6.07) is 5.49. The predicted octanol–water partition coefficient (Wildman–Crippen LogP) is 3.86. The second-order valence-corrected chi connectivity index (χ2v) is 6.29. The van der Waals surface area contributed by atoms with Gasteiger partial charge in [-0.15, -0.1) is 0 Å². The molecule has 108 valence electrons. The third-order valence-corrected chi connectivity index (χ3v) is 5.21. The maximum Gasteiger partial charge on any atom is 0.170 e. The van der Waals surface area contributed by atoms with Gasteiger partial charge in [0.25, 0.3) is 0 Å². The number of ether oxygens (including phenoxy) is 2. The Balaban J connectivity index is 2.00. The number of fused-ring (bicyclic) bond motifs is 1. The van der Waals surface area contributed by atoms with Crippen LogP contribution in [0.2, 0.25) is 0 Å². The van der Waals surface area contributed by atoms with E-state index in [-0.39, 0.29) is 11.4 Å². The van der Waals surface area contributed by atoms with Crippen LogP contribution in [0.15, 0.2) is 18.2 Å². The number of carbonyl (C=O) groups is 1. The first-order valence-corrected chi connectivity index (χ1v) is 7.46. The number of methoxy groups -OCH3 is 1. The molecular weight excluding hydrogens is 252 g/mol. The van der Waals surface area contributed by atoms with Crippen LogP contribution in [0, 0.1) is 11.8 Å². The first kappa shape index (κ1) is 13.5. The fraction of sp³-hybridized carbons (Fsp3) is 0.588. The molecule has 3 rings (SSSR count). The smallest absolute Gasteiger partial charge is 0.170 e. The Morgan fingerprint density at radius 3 is 2.90 bits per heavy atom. The van der Waals surface area contributed by atoms with E-state index in [4.69, 9.17) is 9.47 Å². The van der Waals surface area contributed by atoms with Crippen molar-refractivity contribution in [2.24, 2.45) is 11.8 Å². The number of rotatable bonds is 1. The molecule has 0 bridgehead atoms. The summed E-state index contributed by atoms with van der Waals surface area (Å²) in [6.07, 6.45) is 3.85. The lowest BCUT2D eigenvalue weighted by Gasteiger charge is -2.47. The van der Waals surface area contributed by atoms with E-state index in [1.165, 1.54) is 6.42 Å². The normalized spacial score (nSPS) is 32.6. The first-order chi connectivity index (χ1) is 9.55. The Morgan fingerprint density at radius 2 is 2.15 bits per heavy atom. The molecule has 0 amide bonds. The maximum absolute atomic E-state index is 12.5. The number of benzene rings is 1. The van der Waals surface area contributed by atoms with Crippen LogP contribution < -0.4 is 9.47 Å². The van der Waals surface area contributed by atoms with Crippen LogP contribution in [-0.2, 0) is 0 Å². The SMILES string of the molecule is COc1ccc2c(c1)OC1(CCCC(C)C1C)CC2=O. The Kier molecular flexibility index (Phi) is 3.23. The van der Waals surface area contributed by atoms with Crippen LogP contribution >= 0.6 is 0 Å². The minimum Gasteiger partial charge on any atom is -0.497 e. The molecule has 0 aromatic heterocycles. The number of hydrogen-bond donors (Lipinski definition) is 0. The fourth-order valence-corrected chi connectivity index (χ4v) is 3.68. The van der Waals surface area contributed by atoms with Crippen LogP contribution in [0.5, 0.6) is 11.5 Å². The number of hydrogen-bond acceptors (Lipinski definition) is 3. The Morgan fingerprint density at radius 1 is 1.35 bits per heavy atom. The zero-order valence-corrected chi connectivity index (χ0v) is 12.4. The van der Waals surface area contributed by atoms with E-state index >= 15 is 0 Å². The van der Waals surface area contributed by atoms with Crippen LogP contribution in [0.3, 0.4) is 0 Å². The molecule has 0 saturated heterocycles. The fourth-order valence-electron chi connectivity index (χ4n) is 3.68. The van der Waals surface area contributed by atoms with Gasteiger partial charge in [0.2, 0.25) is 0 Å². The van der Waals surface area contributed by atoms with Gasteiger partial charge < -0.3 is 9.47 Å². The lowest BCUT2D eigenvalue weighted by atomic mass is 9.67. The Labute approximate surface area is 120 Å². The van der Waals surface area contributed by atoms with E-state index in [9.17, 15) is 4.79 Å². The largest absolute Gasteiger partial charge is 0.497 e. The first-order valence-electron chi connectivity index (χ1n) is 7.46. The maximum atomic E-state index is 12.5. The highest BCUT2D eigenvalue weighted by molar-refractivity contribution is 6.00. The Bertz CT molecular complexity index is 537. The van der Waals surface area contributed by atoms with Gasteiger partial charge in [-0.2, -0.15) is 0 Å². The molecule has 1 aliphatic heterocycles. The van der Waals surface area contributed by atoms with Crippen molar-refractivity contribution >= 4 is 5.78 Å². The van der Waals surface area contributed by atoms with E-state index in [1.54, 1.807) is 7.11 Å². The van der Waals surface area contributed by atoms with E-state index in [1.807, 2.05) is 18.2 Å². The molecule has 1 aromatic carbocycles. The van der Waals surface area contributed by atoms with Gasteiger partial charge in [-0.05, 0) is 36.8 Å². The van der Waals surface area contributed by atoms with E-state index < -0.39 is 0 Å². The van der Waals surface area contributed by atoms with Gasteiger partial charge in [0.05, 0.1) is 19.1 Å².